The Hall–Kier alpha value is -2.60. The summed E-state index contributed by atoms with van der Waals surface area (Å²) in [5.41, 5.74) is 1.56. The van der Waals surface area contributed by atoms with E-state index in [2.05, 4.69) is 66.7 Å². The molecule has 1 aliphatic rings. The third-order valence-corrected chi connectivity index (χ3v) is 5.56. The summed E-state index contributed by atoms with van der Waals surface area (Å²) in [7, 11) is 0. The van der Waals surface area contributed by atoms with Crippen LogP contribution in [-0.2, 0) is 0 Å². The van der Waals surface area contributed by atoms with Crippen molar-refractivity contribution in [3.8, 4) is 0 Å². The fourth-order valence-corrected chi connectivity index (χ4v) is 4.42. The van der Waals surface area contributed by atoms with Crippen LogP contribution >= 0.6 is 0 Å². The molecule has 0 saturated heterocycles. The topological polar surface area (TPSA) is 0 Å². The molecule has 0 heterocycles. The Bertz CT molecular complexity index is 1200. The zero-order valence-corrected chi connectivity index (χ0v) is 12.8. The van der Waals surface area contributed by atoms with Crippen LogP contribution < -0.4 is 0 Å². The highest BCUT2D eigenvalue weighted by molar-refractivity contribution is 6.33. The lowest BCUT2D eigenvalue weighted by molar-refractivity contribution is 1.16. The minimum Gasteiger partial charge on any atom is -0.0610 e. The second-order valence-corrected chi connectivity index (χ2v) is 6.92. The first-order chi connectivity index (χ1) is 11.4. The lowest BCUT2D eigenvalue weighted by atomic mass is 9.87. The fourth-order valence-electron chi connectivity index (χ4n) is 4.42. The van der Waals surface area contributed by atoms with Gasteiger partial charge in [0.15, 0.2) is 0 Å². The SMILES string of the molecule is c1cc2cccc3c4c(C5CC5)ccc5cccc(c(c1)c23)c54. The second kappa shape index (κ2) is 4.02. The van der Waals surface area contributed by atoms with Gasteiger partial charge in [0.05, 0.1) is 0 Å². The van der Waals surface area contributed by atoms with E-state index in [-0.39, 0.29) is 0 Å². The van der Waals surface area contributed by atoms with Gasteiger partial charge in [0.1, 0.15) is 0 Å². The van der Waals surface area contributed by atoms with Gasteiger partial charge in [0.25, 0.3) is 0 Å². The largest absolute Gasteiger partial charge is 0.0610 e. The predicted octanol–water partition coefficient (Wildman–Crippen LogP) is 6.61. The third kappa shape index (κ3) is 1.46. The Morgan fingerprint density at radius 3 is 1.83 bits per heavy atom. The molecule has 0 unspecified atom stereocenters. The van der Waals surface area contributed by atoms with E-state index in [9.17, 15) is 0 Å². The molecule has 0 aromatic heterocycles. The van der Waals surface area contributed by atoms with Crippen molar-refractivity contribution in [1.82, 2.24) is 0 Å². The Kier molecular flexibility index (Phi) is 2.08. The van der Waals surface area contributed by atoms with Gasteiger partial charge in [-0.15, -0.1) is 0 Å². The Morgan fingerprint density at radius 1 is 0.522 bits per heavy atom. The summed E-state index contributed by atoms with van der Waals surface area (Å²) < 4.78 is 0. The zero-order valence-electron chi connectivity index (χ0n) is 12.8. The minimum absolute atomic E-state index is 0.767. The summed E-state index contributed by atoms with van der Waals surface area (Å²) in [6, 6.07) is 25.0. The van der Waals surface area contributed by atoms with E-state index in [1.807, 2.05) is 0 Å². The zero-order chi connectivity index (χ0) is 15.0. The smallest absolute Gasteiger partial charge is 0.00235 e. The average molecular weight is 292 g/mol. The van der Waals surface area contributed by atoms with E-state index in [0.717, 1.165) is 5.92 Å². The fraction of sp³-hybridized carbons (Fsp3) is 0.130. The van der Waals surface area contributed by atoms with Crippen LogP contribution in [0.25, 0.3) is 43.1 Å². The third-order valence-electron chi connectivity index (χ3n) is 5.56. The number of hydrogen-bond donors (Lipinski definition) is 0. The van der Waals surface area contributed by atoms with Crippen LogP contribution in [0.1, 0.15) is 24.3 Å². The van der Waals surface area contributed by atoms with Crippen LogP contribution in [0.5, 0.6) is 0 Å². The highest BCUT2D eigenvalue weighted by Crippen LogP contribution is 2.48. The van der Waals surface area contributed by atoms with Crippen molar-refractivity contribution >= 4 is 43.1 Å². The molecule has 5 aromatic rings. The van der Waals surface area contributed by atoms with Crippen LogP contribution in [0.15, 0.2) is 66.7 Å². The molecular formula is C23H16. The van der Waals surface area contributed by atoms with E-state index in [4.69, 9.17) is 0 Å². The van der Waals surface area contributed by atoms with Gasteiger partial charge in [-0.05, 0) is 67.4 Å². The maximum absolute atomic E-state index is 2.38. The average Bonchev–Trinajstić information content (AvgIpc) is 3.44. The molecule has 108 valence electrons. The molecule has 0 heteroatoms. The molecule has 0 nitrogen and oxygen atoms in total. The molecule has 23 heavy (non-hydrogen) atoms. The molecule has 6 rings (SSSR count). The molecule has 5 aromatic carbocycles. The number of fused-ring (bicyclic) bond motifs is 2. The molecule has 0 atom stereocenters. The molecule has 0 radical (unpaired) electrons. The summed E-state index contributed by atoms with van der Waals surface area (Å²) in [4.78, 5) is 0. The van der Waals surface area contributed by atoms with Crippen LogP contribution in [0, 0.1) is 0 Å². The van der Waals surface area contributed by atoms with Crippen molar-refractivity contribution < 1.29 is 0 Å². The molecule has 1 saturated carbocycles. The normalized spacial score (nSPS) is 15.3. The van der Waals surface area contributed by atoms with Gasteiger partial charge in [-0.25, -0.2) is 0 Å². The molecule has 1 fully saturated rings. The number of hydrogen-bond acceptors (Lipinski definition) is 0. The Labute approximate surface area is 134 Å². The molecule has 0 bridgehead atoms. The van der Waals surface area contributed by atoms with Gasteiger partial charge in [-0.3, -0.25) is 0 Å². The van der Waals surface area contributed by atoms with Crippen molar-refractivity contribution in [2.45, 2.75) is 18.8 Å². The maximum atomic E-state index is 2.38. The maximum Gasteiger partial charge on any atom is -0.00235 e. The van der Waals surface area contributed by atoms with Crippen LogP contribution in [-0.4, -0.2) is 0 Å². The van der Waals surface area contributed by atoms with Crippen molar-refractivity contribution in [2.24, 2.45) is 0 Å². The first-order valence-corrected chi connectivity index (χ1v) is 8.50. The van der Waals surface area contributed by atoms with Crippen molar-refractivity contribution in [3.63, 3.8) is 0 Å². The van der Waals surface area contributed by atoms with Crippen molar-refractivity contribution in [2.75, 3.05) is 0 Å². The summed E-state index contributed by atoms with van der Waals surface area (Å²) in [5.74, 6) is 0.767. The standard InChI is InChI=1S/C23H16/c1-4-15-5-3-9-20-21(15)18(7-1)19-8-2-6-16-12-13-17(14-10-11-14)23(20)22(16)19/h1-9,12-14H,10-11H2. The van der Waals surface area contributed by atoms with Crippen LogP contribution in [0.4, 0.5) is 0 Å². The summed E-state index contributed by atoms with van der Waals surface area (Å²) in [6.45, 7) is 0. The Morgan fingerprint density at radius 2 is 1.13 bits per heavy atom. The second-order valence-electron chi connectivity index (χ2n) is 6.92. The van der Waals surface area contributed by atoms with E-state index in [1.165, 1.54) is 55.9 Å². The highest BCUT2D eigenvalue weighted by atomic mass is 14.3. The Balaban J connectivity index is 2.05. The van der Waals surface area contributed by atoms with Crippen LogP contribution in [0.3, 0.4) is 0 Å². The first-order valence-electron chi connectivity index (χ1n) is 8.50. The van der Waals surface area contributed by atoms with Gasteiger partial charge in [-0.2, -0.15) is 0 Å². The van der Waals surface area contributed by atoms with E-state index in [1.54, 1.807) is 5.56 Å². The van der Waals surface area contributed by atoms with Crippen molar-refractivity contribution in [3.05, 3.63) is 72.3 Å². The summed E-state index contributed by atoms with van der Waals surface area (Å²) >= 11 is 0. The first kappa shape index (κ1) is 11.9. The van der Waals surface area contributed by atoms with E-state index < -0.39 is 0 Å². The van der Waals surface area contributed by atoms with Gasteiger partial charge in [0, 0.05) is 0 Å². The summed E-state index contributed by atoms with van der Waals surface area (Å²) in [5, 5.41) is 11.4. The molecule has 0 spiro atoms. The molecule has 1 aliphatic carbocycles. The monoisotopic (exact) mass is 292 g/mol. The highest BCUT2D eigenvalue weighted by Gasteiger charge is 2.27. The van der Waals surface area contributed by atoms with Gasteiger partial charge < -0.3 is 0 Å². The van der Waals surface area contributed by atoms with Gasteiger partial charge in [0.2, 0.25) is 0 Å². The molecule has 0 aliphatic heterocycles. The number of rotatable bonds is 1. The van der Waals surface area contributed by atoms with Gasteiger partial charge in [-0.1, -0.05) is 66.7 Å². The predicted molar refractivity (Wildman–Crippen MR) is 99.6 cm³/mol. The van der Waals surface area contributed by atoms with Gasteiger partial charge >= 0.3 is 0 Å². The van der Waals surface area contributed by atoms with E-state index >= 15 is 0 Å². The molecular weight excluding hydrogens is 276 g/mol. The minimum atomic E-state index is 0.767. The van der Waals surface area contributed by atoms with Crippen molar-refractivity contribution in [1.29, 1.82) is 0 Å². The lowest BCUT2D eigenvalue weighted by Crippen LogP contribution is -1.90. The molecule has 0 amide bonds. The number of benzene rings is 5. The van der Waals surface area contributed by atoms with Crippen LogP contribution in [0.2, 0.25) is 0 Å². The quantitative estimate of drug-likeness (QED) is 0.241. The summed E-state index contributed by atoms with van der Waals surface area (Å²) in [6.07, 6.45) is 2.69. The van der Waals surface area contributed by atoms with E-state index in [0.29, 0.717) is 0 Å². The molecule has 0 N–H and O–H groups in total. The lowest BCUT2D eigenvalue weighted by Gasteiger charge is -2.17.